The third-order valence-corrected chi connectivity index (χ3v) is 3.36. The van der Waals surface area contributed by atoms with Gasteiger partial charge in [-0.3, -0.25) is 4.79 Å². The molecule has 0 radical (unpaired) electrons. The van der Waals surface area contributed by atoms with Crippen molar-refractivity contribution in [2.24, 2.45) is 0 Å². The first kappa shape index (κ1) is 19.6. The minimum Gasteiger partial charge on any atom is -0.491 e. The van der Waals surface area contributed by atoms with Gasteiger partial charge in [-0.15, -0.1) is 0 Å². The molecular formula is C20H26N2O4. The molecule has 0 aliphatic rings. The van der Waals surface area contributed by atoms with E-state index in [1.807, 2.05) is 56.3 Å². The van der Waals surface area contributed by atoms with Crippen molar-refractivity contribution in [3.8, 4) is 11.5 Å². The van der Waals surface area contributed by atoms with Crippen molar-refractivity contribution in [3.63, 3.8) is 0 Å². The first-order valence-corrected chi connectivity index (χ1v) is 8.59. The summed E-state index contributed by atoms with van der Waals surface area (Å²) >= 11 is 0. The highest BCUT2D eigenvalue weighted by molar-refractivity contribution is 5.94. The number of ether oxygens (including phenoxy) is 3. The number of carbonyl (C=O) groups is 1. The van der Waals surface area contributed by atoms with Gasteiger partial charge in [0.1, 0.15) is 18.1 Å². The van der Waals surface area contributed by atoms with Crippen LogP contribution in [0, 0.1) is 0 Å². The van der Waals surface area contributed by atoms with Crippen LogP contribution >= 0.6 is 0 Å². The van der Waals surface area contributed by atoms with Crippen LogP contribution in [0.1, 0.15) is 13.8 Å². The maximum atomic E-state index is 12.2. The minimum atomic E-state index is -0.154. The molecule has 0 saturated carbocycles. The lowest BCUT2D eigenvalue weighted by atomic mass is 10.2. The van der Waals surface area contributed by atoms with Crippen LogP contribution in [0.25, 0.3) is 0 Å². The van der Waals surface area contributed by atoms with Crippen molar-refractivity contribution < 1.29 is 19.0 Å². The lowest BCUT2D eigenvalue weighted by molar-refractivity contribution is -0.114. The zero-order valence-corrected chi connectivity index (χ0v) is 15.5. The number of amides is 1. The number of para-hydroxylation sites is 2. The second kappa shape index (κ2) is 10.3. The van der Waals surface area contributed by atoms with Crippen molar-refractivity contribution >= 4 is 17.3 Å². The molecule has 0 aliphatic heterocycles. The van der Waals surface area contributed by atoms with Gasteiger partial charge in [-0.05, 0) is 38.1 Å². The van der Waals surface area contributed by atoms with E-state index in [2.05, 4.69) is 10.6 Å². The number of benzene rings is 2. The van der Waals surface area contributed by atoms with Crippen LogP contribution in [0.2, 0.25) is 0 Å². The van der Waals surface area contributed by atoms with Crippen LogP contribution in [0.3, 0.4) is 0 Å². The SMILES string of the molecule is COCCOc1cccc(NC(=O)CNc2ccccc2OC(C)C)c1. The predicted molar refractivity (Wildman–Crippen MR) is 103 cm³/mol. The van der Waals surface area contributed by atoms with Crippen LogP contribution < -0.4 is 20.1 Å². The lowest BCUT2D eigenvalue weighted by Gasteiger charge is -2.15. The molecule has 0 aromatic heterocycles. The predicted octanol–water partition coefficient (Wildman–Crippen LogP) is 3.55. The fraction of sp³-hybridized carbons (Fsp3) is 0.350. The molecule has 2 aromatic rings. The van der Waals surface area contributed by atoms with E-state index in [-0.39, 0.29) is 18.6 Å². The summed E-state index contributed by atoms with van der Waals surface area (Å²) in [5.74, 6) is 1.26. The normalized spacial score (nSPS) is 10.5. The molecule has 6 nitrogen and oxygen atoms in total. The average molecular weight is 358 g/mol. The molecule has 0 fully saturated rings. The van der Waals surface area contributed by atoms with E-state index in [4.69, 9.17) is 14.2 Å². The molecular weight excluding hydrogens is 332 g/mol. The lowest BCUT2D eigenvalue weighted by Crippen LogP contribution is -2.22. The summed E-state index contributed by atoms with van der Waals surface area (Å²) in [7, 11) is 1.62. The van der Waals surface area contributed by atoms with Gasteiger partial charge in [0, 0.05) is 18.9 Å². The monoisotopic (exact) mass is 358 g/mol. The van der Waals surface area contributed by atoms with Gasteiger partial charge in [0.15, 0.2) is 0 Å². The van der Waals surface area contributed by atoms with Gasteiger partial charge in [-0.1, -0.05) is 18.2 Å². The summed E-state index contributed by atoms with van der Waals surface area (Å²) in [6.07, 6.45) is 0.0626. The summed E-state index contributed by atoms with van der Waals surface area (Å²) in [4.78, 5) is 12.2. The Morgan fingerprint density at radius 1 is 1.08 bits per heavy atom. The molecule has 0 heterocycles. The zero-order valence-electron chi connectivity index (χ0n) is 15.5. The summed E-state index contributed by atoms with van der Waals surface area (Å²) in [6.45, 7) is 5.03. The molecule has 2 rings (SSSR count). The highest BCUT2D eigenvalue weighted by Gasteiger charge is 2.08. The van der Waals surface area contributed by atoms with E-state index in [0.717, 1.165) is 11.4 Å². The molecule has 0 unspecified atom stereocenters. The molecule has 0 saturated heterocycles. The van der Waals surface area contributed by atoms with Crippen molar-refractivity contribution in [1.29, 1.82) is 0 Å². The van der Waals surface area contributed by atoms with Gasteiger partial charge >= 0.3 is 0 Å². The van der Waals surface area contributed by atoms with Gasteiger partial charge in [-0.2, -0.15) is 0 Å². The Bertz CT molecular complexity index is 704. The largest absolute Gasteiger partial charge is 0.491 e. The third-order valence-electron chi connectivity index (χ3n) is 3.36. The van der Waals surface area contributed by atoms with Crippen LogP contribution in [0.15, 0.2) is 48.5 Å². The zero-order chi connectivity index (χ0) is 18.8. The molecule has 0 bridgehead atoms. The van der Waals surface area contributed by atoms with E-state index in [9.17, 15) is 4.79 Å². The van der Waals surface area contributed by atoms with Gasteiger partial charge in [-0.25, -0.2) is 0 Å². The highest BCUT2D eigenvalue weighted by atomic mass is 16.5. The molecule has 0 atom stereocenters. The maximum Gasteiger partial charge on any atom is 0.243 e. The Labute approximate surface area is 154 Å². The Hall–Kier alpha value is -2.73. The Morgan fingerprint density at radius 3 is 2.65 bits per heavy atom. The van der Waals surface area contributed by atoms with E-state index in [0.29, 0.717) is 24.7 Å². The second-order valence-electron chi connectivity index (χ2n) is 5.93. The number of hydrogen-bond donors (Lipinski definition) is 2. The number of anilines is 2. The van der Waals surface area contributed by atoms with Crippen LogP contribution in [-0.2, 0) is 9.53 Å². The number of methoxy groups -OCH3 is 1. The molecule has 2 N–H and O–H groups in total. The van der Waals surface area contributed by atoms with Crippen molar-refractivity contribution in [2.45, 2.75) is 20.0 Å². The fourth-order valence-corrected chi connectivity index (χ4v) is 2.26. The Balaban J connectivity index is 1.88. The second-order valence-corrected chi connectivity index (χ2v) is 5.93. The minimum absolute atomic E-state index is 0.0626. The summed E-state index contributed by atoms with van der Waals surface area (Å²) < 4.78 is 16.2. The summed E-state index contributed by atoms with van der Waals surface area (Å²) in [6, 6.07) is 14.8. The highest BCUT2D eigenvalue weighted by Crippen LogP contribution is 2.24. The van der Waals surface area contributed by atoms with E-state index in [1.165, 1.54) is 0 Å². The van der Waals surface area contributed by atoms with Crippen molar-refractivity contribution in [3.05, 3.63) is 48.5 Å². The van der Waals surface area contributed by atoms with Gasteiger partial charge < -0.3 is 24.8 Å². The topological polar surface area (TPSA) is 68.8 Å². The molecule has 1 amide bonds. The standard InChI is InChI=1S/C20H26N2O4/c1-15(2)26-19-10-5-4-9-18(19)21-14-20(23)22-16-7-6-8-17(13-16)25-12-11-24-3/h4-10,13,15,21H,11-12,14H2,1-3H3,(H,22,23). The van der Waals surface area contributed by atoms with Crippen LogP contribution in [0.4, 0.5) is 11.4 Å². The molecule has 0 spiro atoms. The number of hydrogen-bond acceptors (Lipinski definition) is 5. The Morgan fingerprint density at radius 2 is 1.88 bits per heavy atom. The Kier molecular flexibility index (Phi) is 7.76. The smallest absolute Gasteiger partial charge is 0.243 e. The number of nitrogens with one attached hydrogen (secondary N) is 2. The summed E-state index contributed by atoms with van der Waals surface area (Å²) in [5, 5.41) is 5.96. The third kappa shape index (κ3) is 6.64. The summed E-state index contributed by atoms with van der Waals surface area (Å²) in [5.41, 5.74) is 1.46. The molecule has 2 aromatic carbocycles. The van der Waals surface area contributed by atoms with E-state index < -0.39 is 0 Å². The molecule has 6 heteroatoms. The van der Waals surface area contributed by atoms with Gasteiger partial charge in [0.25, 0.3) is 0 Å². The van der Waals surface area contributed by atoms with Crippen molar-refractivity contribution in [2.75, 3.05) is 37.5 Å². The van der Waals surface area contributed by atoms with Gasteiger partial charge in [0.05, 0.1) is 24.9 Å². The van der Waals surface area contributed by atoms with Crippen LogP contribution in [-0.4, -0.2) is 38.9 Å². The van der Waals surface area contributed by atoms with Gasteiger partial charge in [0.2, 0.25) is 5.91 Å². The molecule has 140 valence electrons. The van der Waals surface area contributed by atoms with E-state index >= 15 is 0 Å². The first-order valence-electron chi connectivity index (χ1n) is 8.59. The van der Waals surface area contributed by atoms with E-state index in [1.54, 1.807) is 13.2 Å². The number of carbonyl (C=O) groups excluding carboxylic acids is 1. The fourth-order valence-electron chi connectivity index (χ4n) is 2.26. The van der Waals surface area contributed by atoms with Crippen LogP contribution in [0.5, 0.6) is 11.5 Å². The number of rotatable bonds is 10. The molecule has 0 aliphatic carbocycles. The quantitative estimate of drug-likeness (QED) is 0.636. The first-order chi connectivity index (χ1) is 12.6. The molecule has 26 heavy (non-hydrogen) atoms. The van der Waals surface area contributed by atoms with Crippen molar-refractivity contribution in [1.82, 2.24) is 0 Å². The maximum absolute atomic E-state index is 12.2. The average Bonchev–Trinajstić information content (AvgIpc) is 2.61.